The highest BCUT2D eigenvalue weighted by Gasteiger charge is 2.47. The van der Waals surface area contributed by atoms with Crippen LogP contribution in [0.3, 0.4) is 0 Å². The summed E-state index contributed by atoms with van der Waals surface area (Å²) in [6.45, 7) is 1.96. The second kappa shape index (κ2) is 4.09. The summed E-state index contributed by atoms with van der Waals surface area (Å²) in [6, 6.07) is 5.74. The Morgan fingerprint density at radius 3 is 2.47 bits per heavy atom. The molecule has 1 N–H and O–H groups in total. The van der Waals surface area contributed by atoms with Crippen molar-refractivity contribution in [2.75, 3.05) is 7.05 Å². The lowest BCUT2D eigenvalue weighted by molar-refractivity contribution is 0.358. The highest BCUT2D eigenvalue weighted by Crippen LogP contribution is 2.57. The summed E-state index contributed by atoms with van der Waals surface area (Å²) in [4.78, 5) is 0. The van der Waals surface area contributed by atoms with Gasteiger partial charge in [-0.2, -0.15) is 0 Å². The fourth-order valence-corrected chi connectivity index (χ4v) is 3.65. The zero-order chi connectivity index (χ0) is 12.0. The van der Waals surface area contributed by atoms with Crippen molar-refractivity contribution in [1.29, 1.82) is 0 Å². The number of nitrogens with one attached hydrogen (secondary N) is 1. The third-order valence-electron chi connectivity index (χ3n) is 4.49. The van der Waals surface area contributed by atoms with Crippen LogP contribution in [0.1, 0.15) is 36.4 Å². The zero-order valence-corrected chi connectivity index (χ0v) is 10.5. The van der Waals surface area contributed by atoms with Crippen LogP contribution in [0.2, 0.25) is 0 Å². The van der Waals surface area contributed by atoms with Gasteiger partial charge >= 0.3 is 0 Å². The first-order chi connectivity index (χ1) is 8.17. The van der Waals surface area contributed by atoms with E-state index in [2.05, 4.69) is 11.4 Å². The summed E-state index contributed by atoms with van der Waals surface area (Å²) in [5, 5.41) is 3.39. The van der Waals surface area contributed by atoms with Crippen molar-refractivity contribution in [3.05, 3.63) is 35.1 Å². The molecule has 92 valence electrons. The highest BCUT2D eigenvalue weighted by molar-refractivity contribution is 5.27. The third-order valence-corrected chi connectivity index (χ3v) is 4.49. The van der Waals surface area contributed by atoms with Gasteiger partial charge < -0.3 is 5.32 Å². The average Bonchev–Trinajstić information content (AvgIpc) is 2.86. The lowest BCUT2D eigenvalue weighted by Gasteiger charge is -2.25. The molecule has 2 fully saturated rings. The Labute approximate surface area is 102 Å². The average molecular weight is 233 g/mol. The molecule has 1 aromatic carbocycles. The second-order valence-electron chi connectivity index (χ2n) is 5.82. The first-order valence-electron chi connectivity index (χ1n) is 6.61. The van der Waals surface area contributed by atoms with Crippen molar-refractivity contribution in [3.63, 3.8) is 0 Å². The summed E-state index contributed by atoms with van der Waals surface area (Å²) in [5.41, 5.74) is 2.14. The second-order valence-corrected chi connectivity index (χ2v) is 5.82. The van der Waals surface area contributed by atoms with Gasteiger partial charge in [-0.05, 0) is 74.2 Å². The van der Waals surface area contributed by atoms with E-state index < -0.39 is 0 Å². The van der Waals surface area contributed by atoms with E-state index in [0.29, 0.717) is 12.0 Å². The molecule has 2 aliphatic rings. The monoisotopic (exact) mass is 233 g/mol. The Bertz CT molecular complexity index is 399. The number of halogens is 1. The minimum Gasteiger partial charge on any atom is -0.313 e. The molecular formula is C15H20FN. The third kappa shape index (κ3) is 2.11. The Kier molecular flexibility index (Phi) is 2.70. The largest absolute Gasteiger partial charge is 0.313 e. The topological polar surface area (TPSA) is 12.0 Å². The van der Waals surface area contributed by atoms with E-state index in [1.807, 2.05) is 14.0 Å². The molecule has 3 atom stereocenters. The number of hydrogen-bond acceptors (Lipinski definition) is 1. The number of rotatable bonds is 3. The number of benzene rings is 1. The van der Waals surface area contributed by atoms with E-state index in [1.165, 1.54) is 19.3 Å². The van der Waals surface area contributed by atoms with Crippen LogP contribution in [0.15, 0.2) is 18.2 Å². The molecule has 0 heterocycles. The fraction of sp³-hybridized carbons (Fsp3) is 0.600. The normalized spacial score (nSPS) is 32.3. The van der Waals surface area contributed by atoms with Crippen molar-refractivity contribution < 1.29 is 4.39 Å². The van der Waals surface area contributed by atoms with Crippen molar-refractivity contribution in [3.8, 4) is 0 Å². The maximum Gasteiger partial charge on any atom is 0.123 e. The van der Waals surface area contributed by atoms with Crippen molar-refractivity contribution in [2.24, 2.45) is 17.8 Å². The zero-order valence-electron chi connectivity index (χ0n) is 10.5. The standard InChI is InChI=1S/C15H20FN/c1-9-3-12(8-14(16)4-9)15(17-2)13-6-10-5-11(10)7-13/h3-4,8,10-11,13,15,17H,5-7H2,1-2H3. The van der Waals surface area contributed by atoms with Gasteiger partial charge in [-0.1, -0.05) is 6.07 Å². The molecule has 3 rings (SSSR count). The molecule has 0 radical (unpaired) electrons. The highest BCUT2D eigenvalue weighted by atomic mass is 19.1. The minimum atomic E-state index is -0.108. The van der Waals surface area contributed by atoms with Crippen LogP contribution in [0.5, 0.6) is 0 Å². The van der Waals surface area contributed by atoms with Gasteiger partial charge in [0.1, 0.15) is 5.82 Å². The van der Waals surface area contributed by atoms with E-state index in [9.17, 15) is 4.39 Å². The summed E-state index contributed by atoms with van der Waals surface area (Å²) in [7, 11) is 1.99. The maximum absolute atomic E-state index is 13.5. The van der Waals surface area contributed by atoms with E-state index >= 15 is 0 Å². The molecule has 0 bridgehead atoms. The molecule has 0 amide bonds. The summed E-state index contributed by atoms with van der Waals surface area (Å²) in [5.74, 6) is 2.55. The quantitative estimate of drug-likeness (QED) is 0.843. The molecule has 0 saturated heterocycles. The molecule has 2 aliphatic carbocycles. The van der Waals surface area contributed by atoms with Gasteiger partial charge in [0, 0.05) is 6.04 Å². The Morgan fingerprint density at radius 2 is 1.88 bits per heavy atom. The molecule has 17 heavy (non-hydrogen) atoms. The van der Waals surface area contributed by atoms with E-state index in [-0.39, 0.29) is 5.82 Å². The molecule has 1 nitrogen and oxygen atoms in total. The van der Waals surface area contributed by atoms with E-state index in [0.717, 1.165) is 23.0 Å². The molecule has 0 aromatic heterocycles. The molecule has 3 unspecified atom stereocenters. The van der Waals surface area contributed by atoms with Crippen LogP contribution in [0.4, 0.5) is 4.39 Å². The van der Waals surface area contributed by atoms with Crippen molar-refractivity contribution in [2.45, 2.75) is 32.2 Å². The Hall–Kier alpha value is -0.890. The van der Waals surface area contributed by atoms with Gasteiger partial charge in [-0.3, -0.25) is 0 Å². The predicted octanol–water partition coefficient (Wildman–Crippen LogP) is 3.44. The molecule has 0 aliphatic heterocycles. The van der Waals surface area contributed by atoms with Crippen LogP contribution in [-0.2, 0) is 0 Å². The van der Waals surface area contributed by atoms with Crippen molar-refractivity contribution in [1.82, 2.24) is 5.32 Å². The lowest BCUT2D eigenvalue weighted by atomic mass is 9.88. The molecular weight excluding hydrogens is 213 g/mol. The predicted molar refractivity (Wildman–Crippen MR) is 67.3 cm³/mol. The number of aryl methyl sites for hydroxylation is 1. The van der Waals surface area contributed by atoms with E-state index in [1.54, 1.807) is 12.1 Å². The smallest absolute Gasteiger partial charge is 0.123 e. The lowest BCUT2D eigenvalue weighted by Crippen LogP contribution is -2.24. The van der Waals surface area contributed by atoms with Crippen LogP contribution < -0.4 is 5.32 Å². The summed E-state index contributed by atoms with van der Waals surface area (Å²) in [6.07, 6.45) is 4.09. The van der Waals surface area contributed by atoms with Gasteiger partial charge in [0.2, 0.25) is 0 Å². The van der Waals surface area contributed by atoms with Crippen LogP contribution in [0.25, 0.3) is 0 Å². The number of fused-ring (bicyclic) bond motifs is 1. The van der Waals surface area contributed by atoms with Gasteiger partial charge in [-0.25, -0.2) is 4.39 Å². The van der Waals surface area contributed by atoms with Crippen LogP contribution in [0, 0.1) is 30.5 Å². The first kappa shape index (κ1) is 11.2. The molecule has 0 spiro atoms. The molecule has 2 heteroatoms. The molecule has 1 aromatic rings. The Morgan fingerprint density at radius 1 is 1.18 bits per heavy atom. The van der Waals surface area contributed by atoms with Gasteiger partial charge in [0.25, 0.3) is 0 Å². The van der Waals surface area contributed by atoms with Crippen LogP contribution in [-0.4, -0.2) is 7.05 Å². The SMILES string of the molecule is CNC(c1cc(C)cc(F)c1)C1CC2CC2C1. The maximum atomic E-state index is 13.5. The minimum absolute atomic E-state index is 0.108. The summed E-state index contributed by atoms with van der Waals surface area (Å²) >= 11 is 0. The van der Waals surface area contributed by atoms with Gasteiger partial charge in [0.15, 0.2) is 0 Å². The van der Waals surface area contributed by atoms with Crippen molar-refractivity contribution >= 4 is 0 Å². The summed E-state index contributed by atoms with van der Waals surface area (Å²) < 4.78 is 13.5. The molecule has 2 saturated carbocycles. The van der Waals surface area contributed by atoms with Crippen LogP contribution >= 0.6 is 0 Å². The Balaban J connectivity index is 1.83. The van der Waals surface area contributed by atoms with E-state index in [4.69, 9.17) is 0 Å². The van der Waals surface area contributed by atoms with Gasteiger partial charge in [-0.15, -0.1) is 0 Å². The fourth-order valence-electron chi connectivity index (χ4n) is 3.65. The first-order valence-corrected chi connectivity index (χ1v) is 6.61. The number of hydrogen-bond donors (Lipinski definition) is 1. The van der Waals surface area contributed by atoms with Gasteiger partial charge in [0.05, 0.1) is 0 Å².